The van der Waals surface area contributed by atoms with Crippen LogP contribution in [-0.4, -0.2) is 19.3 Å². The standard InChI is InChI=1S/C14H19NOS2/c1-3-16-9-11(2)15-8-13-7-12(10-18-13)14-5-4-6-17-14/h4-7,10-11,15H,3,8-9H2,1-2H3. The van der Waals surface area contributed by atoms with Gasteiger partial charge in [0.2, 0.25) is 0 Å². The van der Waals surface area contributed by atoms with E-state index in [2.05, 4.69) is 41.2 Å². The van der Waals surface area contributed by atoms with Crippen molar-refractivity contribution in [1.82, 2.24) is 5.32 Å². The van der Waals surface area contributed by atoms with Crippen molar-refractivity contribution < 1.29 is 4.74 Å². The molecule has 2 rings (SSSR count). The summed E-state index contributed by atoms with van der Waals surface area (Å²) in [4.78, 5) is 2.72. The van der Waals surface area contributed by atoms with E-state index in [-0.39, 0.29) is 0 Å². The maximum absolute atomic E-state index is 5.39. The second kappa shape index (κ2) is 7.04. The fourth-order valence-corrected chi connectivity index (χ4v) is 3.30. The van der Waals surface area contributed by atoms with E-state index in [9.17, 15) is 0 Å². The summed E-state index contributed by atoms with van der Waals surface area (Å²) in [6.07, 6.45) is 0. The third-order valence-electron chi connectivity index (χ3n) is 2.66. The molecule has 0 amide bonds. The summed E-state index contributed by atoms with van der Waals surface area (Å²) in [7, 11) is 0. The lowest BCUT2D eigenvalue weighted by Gasteiger charge is -2.12. The number of thiophene rings is 2. The molecule has 0 aliphatic carbocycles. The van der Waals surface area contributed by atoms with Crippen LogP contribution in [-0.2, 0) is 11.3 Å². The Labute approximate surface area is 117 Å². The summed E-state index contributed by atoms with van der Waals surface area (Å²) in [5.74, 6) is 0. The van der Waals surface area contributed by atoms with Gasteiger partial charge in [-0.25, -0.2) is 0 Å². The second-order valence-corrected chi connectivity index (χ2v) is 6.16. The molecule has 2 heterocycles. The van der Waals surface area contributed by atoms with E-state index < -0.39 is 0 Å². The maximum Gasteiger partial charge on any atom is 0.0616 e. The van der Waals surface area contributed by atoms with Gasteiger partial charge in [0.25, 0.3) is 0 Å². The molecule has 0 bridgehead atoms. The molecule has 2 aromatic heterocycles. The molecule has 0 aromatic carbocycles. The van der Waals surface area contributed by atoms with Gasteiger partial charge in [0.1, 0.15) is 0 Å². The van der Waals surface area contributed by atoms with Crippen molar-refractivity contribution in [2.75, 3.05) is 13.2 Å². The highest BCUT2D eigenvalue weighted by Gasteiger charge is 2.05. The molecular formula is C14H19NOS2. The molecule has 0 radical (unpaired) electrons. The first-order valence-corrected chi connectivity index (χ1v) is 7.98. The Bertz CT molecular complexity index is 450. The first kappa shape index (κ1) is 13.7. The van der Waals surface area contributed by atoms with E-state index in [0.29, 0.717) is 6.04 Å². The van der Waals surface area contributed by atoms with Crippen LogP contribution in [0.2, 0.25) is 0 Å². The zero-order valence-corrected chi connectivity index (χ0v) is 12.4. The molecule has 0 spiro atoms. The molecule has 0 saturated heterocycles. The van der Waals surface area contributed by atoms with E-state index in [1.54, 1.807) is 11.3 Å². The van der Waals surface area contributed by atoms with E-state index in [4.69, 9.17) is 4.74 Å². The lowest BCUT2D eigenvalue weighted by Crippen LogP contribution is -2.29. The zero-order chi connectivity index (χ0) is 12.8. The van der Waals surface area contributed by atoms with Crippen LogP contribution in [0.3, 0.4) is 0 Å². The minimum absolute atomic E-state index is 0.400. The van der Waals surface area contributed by atoms with Crippen LogP contribution in [0.4, 0.5) is 0 Å². The number of nitrogens with one attached hydrogen (secondary N) is 1. The summed E-state index contributed by atoms with van der Waals surface area (Å²) < 4.78 is 5.39. The van der Waals surface area contributed by atoms with Gasteiger partial charge in [-0.3, -0.25) is 0 Å². The topological polar surface area (TPSA) is 21.3 Å². The Morgan fingerprint density at radius 2 is 2.28 bits per heavy atom. The van der Waals surface area contributed by atoms with Crippen molar-refractivity contribution in [3.05, 3.63) is 33.8 Å². The molecule has 0 fully saturated rings. The van der Waals surface area contributed by atoms with Gasteiger partial charge in [-0.15, -0.1) is 22.7 Å². The van der Waals surface area contributed by atoms with E-state index in [1.165, 1.54) is 15.3 Å². The van der Waals surface area contributed by atoms with E-state index in [1.807, 2.05) is 18.3 Å². The van der Waals surface area contributed by atoms with Crippen molar-refractivity contribution in [3.8, 4) is 10.4 Å². The van der Waals surface area contributed by atoms with Crippen LogP contribution in [0, 0.1) is 0 Å². The number of rotatable bonds is 7. The van der Waals surface area contributed by atoms with Crippen LogP contribution in [0.15, 0.2) is 29.0 Å². The van der Waals surface area contributed by atoms with Gasteiger partial charge in [0.15, 0.2) is 0 Å². The SMILES string of the molecule is CCOCC(C)NCc1cc(-c2cccs2)cs1. The number of hydrogen-bond donors (Lipinski definition) is 1. The van der Waals surface area contributed by atoms with Gasteiger partial charge in [0, 0.05) is 34.5 Å². The van der Waals surface area contributed by atoms with Crippen molar-refractivity contribution in [2.24, 2.45) is 0 Å². The van der Waals surface area contributed by atoms with Crippen LogP contribution in [0.5, 0.6) is 0 Å². The van der Waals surface area contributed by atoms with Crippen LogP contribution in [0.25, 0.3) is 10.4 Å². The predicted octanol–water partition coefficient (Wildman–Crippen LogP) is 3.99. The average Bonchev–Trinajstić information content (AvgIpc) is 3.03. The van der Waals surface area contributed by atoms with Gasteiger partial charge >= 0.3 is 0 Å². The quantitative estimate of drug-likeness (QED) is 0.828. The highest BCUT2D eigenvalue weighted by molar-refractivity contribution is 7.14. The molecule has 2 nitrogen and oxygen atoms in total. The fourth-order valence-electron chi connectivity index (χ4n) is 1.67. The van der Waals surface area contributed by atoms with Crippen molar-refractivity contribution in [2.45, 2.75) is 26.4 Å². The molecule has 1 unspecified atom stereocenters. The highest BCUT2D eigenvalue weighted by Crippen LogP contribution is 2.29. The maximum atomic E-state index is 5.39. The smallest absolute Gasteiger partial charge is 0.0616 e. The van der Waals surface area contributed by atoms with Crippen LogP contribution in [0.1, 0.15) is 18.7 Å². The van der Waals surface area contributed by atoms with Gasteiger partial charge in [-0.2, -0.15) is 0 Å². The summed E-state index contributed by atoms with van der Waals surface area (Å²) in [5, 5.41) is 7.83. The first-order chi connectivity index (χ1) is 8.79. The van der Waals surface area contributed by atoms with Gasteiger partial charge in [0.05, 0.1) is 6.61 Å². The molecule has 1 atom stereocenters. The van der Waals surface area contributed by atoms with Crippen molar-refractivity contribution in [3.63, 3.8) is 0 Å². The molecule has 0 saturated carbocycles. The van der Waals surface area contributed by atoms with Crippen molar-refractivity contribution in [1.29, 1.82) is 0 Å². The molecule has 0 aliphatic heterocycles. The molecule has 98 valence electrons. The Hall–Kier alpha value is -0.680. The lowest BCUT2D eigenvalue weighted by molar-refractivity contribution is 0.127. The Balaban J connectivity index is 1.84. The van der Waals surface area contributed by atoms with Crippen LogP contribution >= 0.6 is 22.7 Å². The van der Waals surface area contributed by atoms with E-state index in [0.717, 1.165) is 19.8 Å². The average molecular weight is 281 g/mol. The van der Waals surface area contributed by atoms with Crippen LogP contribution < -0.4 is 5.32 Å². The normalized spacial score (nSPS) is 12.8. The molecular weight excluding hydrogens is 262 g/mol. The number of hydrogen-bond acceptors (Lipinski definition) is 4. The van der Waals surface area contributed by atoms with E-state index >= 15 is 0 Å². The summed E-state index contributed by atoms with van der Waals surface area (Å²) in [5.41, 5.74) is 1.34. The Kier molecular flexibility index (Phi) is 5.38. The zero-order valence-electron chi connectivity index (χ0n) is 10.8. The highest BCUT2D eigenvalue weighted by atomic mass is 32.1. The monoisotopic (exact) mass is 281 g/mol. The molecule has 1 N–H and O–H groups in total. The van der Waals surface area contributed by atoms with Gasteiger partial charge in [-0.1, -0.05) is 6.07 Å². The third kappa shape index (κ3) is 3.92. The Morgan fingerprint density at radius 1 is 1.39 bits per heavy atom. The molecule has 4 heteroatoms. The second-order valence-electron chi connectivity index (χ2n) is 4.22. The Morgan fingerprint density at radius 3 is 3.00 bits per heavy atom. The van der Waals surface area contributed by atoms with Crippen molar-refractivity contribution >= 4 is 22.7 Å². The van der Waals surface area contributed by atoms with Gasteiger partial charge < -0.3 is 10.1 Å². The lowest BCUT2D eigenvalue weighted by atomic mass is 10.2. The molecule has 2 aromatic rings. The molecule has 0 aliphatic rings. The minimum atomic E-state index is 0.400. The summed E-state index contributed by atoms with van der Waals surface area (Å²) >= 11 is 3.61. The minimum Gasteiger partial charge on any atom is -0.380 e. The summed E-state index contributed by atoms with van der Waals surface area (Å²) in [6, 6.07) is 6.94. The molecule has 18 heavy (non-hydrogen) atoms. The number of ether oxygens (including phenoxy) is 1. The third-order valence-corrected chi connectivity index (χ3v) is 4.51. The first-order valence-electron chi connectivity index (χ1n) is 6.22. The predicted molar refractivity (Wildman–Crippen MR) is 80.4 cm³/mol. The fraction of sp³-hybridized carbons (Fsp3) is 0.429. The van der Waals surface area contributed by atoms with Gasteiger partial charge in [-0.05, 0) is 36.7 Å². The largest absolute Gasteiger partial charge is 0.380 e. The summed E-state index contributed by atoms with van der Waals surface area (Å²) in [6.45, 7) is 6.67.